The highest BCUT2D eigenvalue weighted by molar-refractivity contribution is 7.92. The molecule has 148 valence electrons. The minimum absolute atomic E-state index is 0.0574. The number of likely N-dealkylation sites (N-methyl/N-ethyl adjacent to an activating group) is 1. The number of anilines is 1. The topological polar surface area (TPSA) is 66.9 Å². The molecule has 2 aliphatic rings. The summed E-state index contributed by atoms with van der Waals surface area (Å²) < 4.78 is 33.4. The summed E-state index contributed by atoms with van der Waals surface area (Å²) in [6.45, 7) is 1.66. The third kappa shape index (κ3) is 3.52. The van der Waals surface area contributed by atoms with Crippen molar-refractivity contribution in [3.05, 3.63) is 59.7 Å². The summed E-state index contributed by atoms with van der Waals surface area (Å²) in [5.41, 5.74) is 2.11. The first kappa shape index (κ1) is 19.0. The maximum Gasteiger partial charge on any atom is 0.264 e. The van der Waals surface area contributed by atoms with Crippen LogP contribution in [0.15, 0.2) is 53.4 Å². The molecule has 0 radical (unpaired) electrons. The third-order valence-electron chi connectivity index (χ3n) is 5.36. The molecule has 2 aliphatic heterocycles. The summed E-state index contributed by atoms with van der Waals surface area (Å²) in [7, 11) is -1.99. The molecule has 0 spiro atoms. The normalized spacial score (nSPS) is 18.9. The number of fused-ring (bicyclic) bond motifs is 1. The molecule has 1 fully saturated rings. The summed E-state index contributed by atoms with van der Waals surface area (Å²) in [5, 5.41) is 0. The van der Waals surface area contributed by atoms with Crippen LogP contribution in [0.4, 0.5) is 5.69 Å². The molecule has 0 aromatic heterocycles. The van der Waals surface area contributed by atoms with Gasteiger partial charge in [-0.2, -0.15) is 0 Å². The average molecular weight is 401 g/mol. The standard InChI is InChI=1S/C21H24N2O4S/c1-22(15-18-8-5-13-27-18)21(24)17-7-4-9-19(14-17)28(25,26)23-12-11-16-6-2-3-10-20(16)23/h2-4,6-7,9-10,14,18H,5,8,11-13,15H2,1H3. The number of hydrogen-bond acceptors (Lipinski definition) is 4. The molecule has 4 rings (SSSR count). The van der Waals surface area contributed by atoms with Crippen molar-refractivity contribution in [2.24, 2.45) is 0 Å². The first-order valence-electron chi connectivity index (χ1n) is 9.54. The van der Waals surface area contributed by atoms with E-state index in [-0.39, 0.29) is 16.9 Å². The van der Waals surface area contributed by atoms with Crippen LogP contribution < -0.4 is 4.31 Å². The van der Waals surface area contributed by atoms with Crippen LogP contribution in [0.2, 0.25) is 0 Å². The number of benzene rings is 2. The Morgan fingerprint density at radius 2 is 2.04 bits per heavy atom. The van der Waals surface area contributed by atoms with Crippen LogP contribution in [-0.4, -0.2) is 52.1 Å². The highest BCUT2D eigenvalue weighted by Crippen LogP contribution is 2.32. The van der Waals surface area contributed by atoms with Gasteiger partial charge in [-0.25, -0.2) is 8.42 Å². The van der Waals surface area contributed by atoms with Gasteiger partial charge in [0.25, 0.3) is 15.9 Å². The molecule has 0 saturated carbocycles. The van der Waals surface area contributed by atoms with Crippen LogP contribution in [0.3, 0.4) is 0 Å². The van der Waals surface area contributed by atoms with Gasteiger partial charge in [-0.3, -0.25) is 9.10 Å². The number of carbonyl (C=O) groups is 1. The minimum atomic E-state index is -3.72. The second-order valence-corrected chi connectivity index (χ2v) is 9.17. The van der Waals surface area contributed by atoms with E-state index in [0.717, 1.165) is 30.7 Å². The largest absolute Gasteiger partial charge is 0.376 e. The van der Waals surface area contributed by atoms with Crippen molar-refractivity contribution in [3.63, 3.8) is 0 Å². The molecule has 7 heteroatoms. The van der Waals surface area contributed by atoms with E-state index in [1.54, 1.807) is 30.1 Å². The fraction of sp³-hybridized carbons (Fsp3) is 0.381. The molecule has 1 amide bonds. The first-order chi connectivity index (χ1) is 13.5. The monoisotopic (exact) mass is 400 g/mol. The lowest BCUT2D eigenvalue weighted by Gasteiger charge is -2.22. The van der Waals surface area contributed by atoms with Crippen molar-refractivity contribution in [1.29, 1.82) is 0 Å². The van der Waals surface area contributed by atoms with E-state index in [9.17, 15) is 13.2 Å². The van der Waals surface area contributed by atoms with Crippen LogP contribution in [0.25, 0.3) is 0 Å². The van der Waals surface area contributed by atoms with E-state index in [1.807, 2.05) is 24.3 Å². The van der Waals surface area contributed by atoms with Gasteiger partial charge in [0, 0.05) is 32.3 Å². The zero-order valence-corrected chi connectivity index (χ0v) is 16.7. The van der Waals surface area contributed by atoms with Gasteiger partial charge in [0.15, 0.2) is 0 Å². The molecular formula is C21H24N2O4S. The van der Waals surface area contributed by atoms with Crippen molar-refractivity contribution in [2.45, 2.75) is 30.3 Å². The second-order valence-electron chi connectivity index (χ2n) is 7.30. The Morgan fingerprint density at radius 3 is 2.82 bits per heavy atom. The smallest absolute Gasteiger partial charge is 0.264 e. The number of hydrogen-bond donors (Lipinski definition) is 0. The predicted molar refractivity (Wildman–Crippen MR) is 107 cm³/mol. The average Bonchev–Trinajstić information content (AvgIpc) is 3.37. The predicted octanol–water partition coefficient (Wildman–Crippen LogP) is 2.69. The number of para-hydroxylation sites is 1. The molecule has 1 saturated heterocycles. The van der Waals surface area contributed by atoms with E-state index in [4.69, 9.17) is 4.74 Å². The van der Waals surface area contributed by atoms with E-state index in [1.165, 1.54) is 10.4 Å². The van der Waals surface area contributed by atoms with Gasteiger partial charge < -0.3 is 9.64 Å². The summed E-state index contributed by atoms with van der Waals surface area (Å²) in [6.07, 6.45) is 2.71. The van der Waals surface area contributed by atoms with E-state index >= 15 is 0 Å². The van der Waals surface area contributed by atoms with Gasteiger partial charge in [0.05, 0.1) is 16.7 Å². The molecule has 1 atom stereocenters. The van der Waals surface area contributed by atoms with E-state index in [0.29, 0.717) is 25.1 Å². The number of nitrogens with zero attached hydrogens (tertiary/aromatic N) is 2. The maximum absolute atomic E-state index is 13.2. The number of rotatable bonds is 5. The lowest BCUT2D eigenvalue weighted by atomic mass is 10.2. The van der Waals surface area contributed by atoms with Gasteiger partial charge in [-0.15, -0.1) is 0 Å². The summed E-state index contributed by atoms with van der Waals surface area (Å²) in [6, 6.07) is 13.8. The van der Waals surface area contributed by atoms with Gasteiger partial charge in [0.1, 0.15) is 0 Å². The Balaban J connectivity index is 1.57. The Hall–Kier alpha value is -2.38. The van der Waals surface area contributed by atoms with Gasteiger partial charge in [-0.05, 0) is 49.1 Å². The molecule has 28 heavy (non-hydrogen) atoms. The Morgan fingerprint density at radius 1 is 1.21 bits per heavy atom. The molecular weight excluding hydrogens is 376 g/mol. The van der Waals surface area contributed by atoms with Crippen LogP contribution in [-0.2, 0) is 21.2 Å². The number of carbonyl (C=O) groups excluding carboxylic acids is 1. The maximum atomic E-state index is 13.2. The SMILES string of the molecule is CN(CC1CCCO1)C(=O)c1cccc(S(=O)(=O)N2CCc3ccccc32)c1. The van der Waals surface area contributed by atoms with Crippen molar-refractivity contribution in [2.75, 3.05) is 31.0 Å². The summed E-state index contributed by atoms with van der Waals surface area (Å²) in [4.78, 5) is 14.5. The van der Waals surface area contributed by atoms with Gasteiger partial charge in [-0.1, -0.05) is 24.3 Å². The fourth-order valence-electron chi connectivity index (χ4n) is 3.87. The van der Waals surface area contributed by atoms with Gasteiger partial charge in [0.2, 0.25) is 0 Å². The van der Waals surface area contributed by atoms with Crippen LogP contribution in [0.1, 0.15) is 28.8 Å². The summed E-state index contributed by atoms with van der Waals surface area (Å²) >= 11 is 0. The Labute approximate surface area is 165 Å². The van der Waals surface area contributed by atoms with Crippen molar-refractivity contribution < 1.29 is 17.9 Å². The molecule has 6 nitrogen and oxygen atoms in total. The Bertz CT molecular complexity index is 983. The number of amides is 1. The molecule has 0 bridgehead atoms. The van der Waals surface area contributed by atoms with E-state index < -0.39 is 10.0 Å². The molecule has 0 aliphatic carbocycles. The molecule has 1 unspecified atom stereocenters. The third-order valence-corrected chi connectivity index (χ3v) is 7.17. The highest BCUT2D eigenvalue weighted by Gasteiger charge is 2.31. The Kier molecular flexibility index (Phi) is 5.12. The highest BCUT2D eigenvalue weighted by atomic mass is 32.2. The lowest BCUT2D eigenvalue weighted by Crippen LogP contribution is -2.34. The van der Waals surface area contributed by atoms with E-state index in [2.05, 4.69) is 0 Å². The molecule has 2 aromatic carbocycles. The first-order valence-corrected chi connectivity index (χ1v) is 11.0. The number of ether oxygens (including phenoxy) is 1. The lowest BCUT2D eigenvalue weighted by molar-refractivity contribution is 0.0587. The minimum Gasteiger partial charge on any atom is -0.376 e. The molecule has 2 aromatic rings. The van der Waals surface area contributed by atoms with Gasteiger partial charge >= 0.3 is 0 Å². The molecule has 0 N–H and O–H groups in total. The second kappa shape index (κ2) is 7.56. The van der Waals surface area contributed by atoms with Crippen molar-refractivity contribution in [1.82, 2.24) is 4.90 Å². The van der Waals surface area contributed by atoms with Crippen LogP contribution >= 0.6 is 0 Å². The molecule has 2 heterocycles. The van der Waals surface area contributed by atoms with Crippen molar-refractivity contribution in [3.8, 4) is 0 Å². The van der Waals surface area contributed by atoms with Crippen molar-refractivity contribution >= 4 is 21.6 Å². The zero-order valence-electron chi connectivity index (χ0n) is 15.9. The number of sulfonamides is 1. The fourth-order valence-corrected chi connectivity index (χ4v) is 5.42. The van der Waals surface area contributed by atoms with Crippen LogP contribution in [0, 0.1) is 0 Å². The summed E-state index contributed by atoms with van der Waals surface area (Å²) in [5.74, 6) is -0.200. The zero-order chi connectivity index (χ0) is 19.7. The van der Waals surface area contributed by atoms with Crippen LogP contribution in [0.5, 0.6) is 0 Å². The quantitative estimate of drug-likeness (QED) is 0.774.